The Hall–Kier alpha value is -1.43. The molecule has 0 amide bonds. The number of rotatable bonds is 5. The van der Waals surface area contributed by atoms with Crippen molar-refractivity contribution in [3.63, 3.8) is 0 Å². The molecule has 1 aromatic heterocycles. The van der Waals surface area contributed by atoms with E-state index >= 15 is 0 Å². The lowest BCUT2D eigenvalue weighted by Gasteiger charge is -1.99. The van der Waals surface area contributed by atoms with E-state index in [0.717, 1.165) is 0 Å². The van der Waals surface area contributed by atoms with E-state index in [2.05, 4.69) is 15.0 Å². The number of carbonyl (C=O) groups is 1. The van der Waals surface area contributed by atoms with Crippen molar-refractivity contribution in [2.24, 2.45) is 0 Å². The van der Waals surface area contributed by atoms with E-state index in [-0.39, 0.29) is 5.69 Å². The van der Waals surface area contributed by atoms with Crippen LogP contribution in [0.5, 0.6) is 0 Å². The molecule has 0 N–H and O–H groups in total. The fourth-order valence-electron chi connectivity index (χ4n) is 0.908. The highest BCUT2D eigenvalue weighted by molar-refractivity contribution is 5.86. The minimum absolute atomic E-state index is 0.212. The fraction of sp³-hybridized carbons (Fsp3) is 0.625. The molecule has 0 atom stereocenters. The first-order valence-corrected chi connectivity index (χ1v) is 4.34. The zero-order valence-corrected chi connectivity index (χ0v) is 8.27. The number of hydrogen-bond donors (Lipinski definition) is 0. The van der Waals surface area contributed by atoms with E-state index in [9.17, 15) is 4.79 Å². The summed E-state index contributed by atoms with van der Waals surface area (Å²) in [7, 11) is 1.31. The predicted octanol–water partition coefficient (Wildman–Crippen LogP) is 0.101. The van der Waals surface area contributed by atoms with Crippen LogP contribution in [-0.4, -0.2) is 41.3 Å². The van der Waals surface area contributed by atoms with Gasteiger partial charge in [0, 0.05) is 6.61 Å². The van der Waals surface area contributed by atoms with Crippen LogP contribution in [0, 0.1) is 0 Å². The number of nitrogens with zero attached hydrogens (tertiary/aromatic N) is 3. The van der Waals surface area contributed by atoms with E-state index in [1.165, 1.54) is 13.3 Å². The Morgan fingerprint density at radius 1 is 1.64 bits per heavy atom. The summed E-state index contributed by atoms with van der Waals surface area (Å²) in [5, 5.41) is 7.39. The first-order chi connectivity index (χ1) is 6.77. The molecule has 0 saturated heterocycles. The molecule has 0 bridgehead atoms. The third-order valence-corrected chi connectivity index (χ3v) is 1.60. The number of hydrogen-bond acceptors (Lipinski definition) is 5. The highest BCUT2D eigenvalue weighted by atomic mass is 16.5. The Morgan fingerprint density at radius 3 is 3.07 bits per heavy atom. The summed E-state index contributed by atoms with van der Waals surface area (Å²) >= 11 is 0. The van der Waals surface area contributed by atoms with Crippen LogP contribution in [-0.2, 0) is 16.0 Å². The predicted molar refractivity (Wildman–Crippen MR) is 47.9 cm³/mol. The molecule has 0 fully saturated rings. The van der Waals surface area contributed by atoms with E-state index in [1.54, 1.807) is 4.68 Å². The van der Waals surface area contributed by atoms with Gasteiger partial charge in [-0.3, -0.25) is 0 Å². The number of esters is 1. The fourth-order valence-corrected chi connectivity index (χ4v) is 0.908. The van der Waals surface area contributed by atoms with Gasteiger partial charge in [-0.05, 0) is 6.92 Å². The number of methoxy groups -OCH3 is 1. The average molecular weight is 199 g/mol. The maximum absolute atomic E-state index is 11.0. The van der Waals surface area contributed by atoms with Crippen LogP contribution in [0.15, 0.2) is 6.20 Å². The van der Waals surface area contributed by atoms with Crippen molar-refractivity contribution < 1.29 is 14.3 Å². The summed E-state index contributed by atoms with van der Waals surface area (Å²) in [5.41, 5.74) is 0.212. The molecule has 78 valence electrons. The number of aromatic nitrogens is 3. The maximum atomic E-state index is 11.0. The van der Waals surface area contributed by atoms with Gasteiger partial charge in [0.2, 0.25) is 0 Å². The van der Waals surface area contributed by atoms with Crippen LogP contribution in [0.1, 0.15) is 17.4 Å². The maximum Gasteiger partial charge on any atom is 0.360 e. The molecule has 1 rings (SSSR count). The second-order valence-electron chi connectivity index (χ2n) is 2.56. The highest BCUT2D eigenvalue weighted by Gasteiger charge is 2.09. The average Bonchev–Trinajstić information content (AvgIpc) is 2.66. The molecule has 0 aliphatic heterocycles. The van der Waals surface area contributed by atoms with Crippen molar-refractivity contribution in [2.45, 2.75) is 13.5 Å². The molecule has 0 radical (unpaired) electrons. The Labute approximate surface area is 81.8 Å². The van der Waals surface area contributed by atoms with Crippen molar-refractivity contribution in [3.05, 3.63) is 11.9 Å². The second kappa shape index (κ2) is 5.33. The van der Waals surface area contributed by atoms with Gasteiger partial charge in [0.05, 0.1) is 26.5 Å². The standard InChI is InChI=1S/C8H13N3O3/c1-3-14-5-4-11-6-7(9-10-11)8(12)13-2/h6H,3-5H2,1-2H3. The van der Waals surface area contributed by atoms with Gasteiger partial charge in [-0.1, -0.05) is 5.21 Å². The van der Waals surface area contributed by atoms with Crippen LogP contribution < -0.4 is 0 Å². The van der Waals surface area contributed by atoms with Crippen molar-refractivity contribution in [1.29, 1.82) is 0 Å². The molecule has 0 aliphatic carbocycles. The van der Waals surface area contributed by atoms with Crippen LogP contribution in [0.4, 0.5) is 0 Å². The zero-order chi connectivity index (χ0) is 10.4. The van der Waals surface area contributed by atoms with Gasteiger partial charge in [-0.25, -0.2) is 9.48 Å². The third-order valence-electron chi connectivity index (χ3n) is 1.60. The molecular formula is C8H13N3O3. The minimum Gasteiger partial charge on any atom is -0.464 e. The van der Waals surface area contributed by atoms with Crippen LogP contribution >= 0.6 is 0 Å². The lowest BCUT2D eigenvalue weighted by atomic mass is 10.5. The van der Waals surface area contributed by atoms with Crippen LogP contribution in [0.2, 0.25) is 0 Å². The van der Waals surface area contributed by atoms with E-state index in [4.69, 9.17) is 4.74 Å². The second-order valence-corrected chi connectivity index (χ2v) is 2.56. The van der Waals surface area contributed by atoms with Crippen LogP contribution in [0.25, 0.3) is 0 Å². The summed E-state index contributed by atoms with van der Waals surface area (Å²) in [6.45, 7) is 3.72. The largest absolute Gasteiger partial charge is 0.464 e. The zero-order valence-electron chi connectivity index (χ0n) is 8.27. The van der Waals surface area contributed by atoms with Gasteiger partial charge < -0.3 is 9.47 Å². The molecule has 1 aromatic rings. The summed E-state index contributed by atoms with van der Waals surface area (Å²) in [5.74, 6) is -0.479. The van der Waals surface area contributed by atoms with Gasteiger partial charge in [0.25, 0.3) is 0 Å². The first kappa shape index (κ1) is 10.6. The molecule has 0 spiro atoms. The Balaban J connectivity index is 2.46. The topological polar surface area (TPSA) is 66.2 Å². The minimum atomic E-state index is -0.479. The lowest BCUT2D eigenvalue weighted by Crippen LogP contribution is -2.06. The molecular weight excluding hydrogens is 186 g/mol. The van der Waals surface area contributed by atoms with Gasteiger partial charge in [-0.15, -0.1) is 5.10 Å². The number of ether oxygens (including phenoxy) is 2. The van der Waals surface area contributed by atoms with E-state index in [1.807, 2.05) is 6.92 Å². The monoisotopic (exact) mass is 199 g/mol. The van der Waals surface area contributed by atoms with E-state index in [0.29, 0.717) is 19.8 Å². The van der Waals surface area contributed by atoms with Gasteiger partial charge in [-0.2, -0.15) is 0 Å². The molecule has 14 heavy (non-hydrogen) atoms. The molecule has 6 heteroatoms. The summed E-state index contributed by atoms with van der Waals surface area (Å²) in [6.07, 6.45) is 1.53. The smallest absolute Gasteiger partial charge is 0.360 e. The van der Waals surface area contributed by atoms with Gasteiger partial charge in [0.15, 0.2) is 5.69 Å². The first-order valence-electron chi connectivity index (χ1n) is 4.34. The quantitative estimate of drug-likeness (QED) is 0.497. The normalized spacial score (nSPS) is 10.1. The molecule has 1 heterocycles. The Bertz CT molecular complexity index is 298. The van der Waals surface area contributed by atoms with Crippen molar-refractivity contribution in [3.8, 4) is 0 Å². The summed E-state index contributed by atoms with van der Waals surface area (Å²) in [4.78, 5) is 11.0. The molecule has 6 nitrogen and oxygen atoms in total. The third kappa shape index (κ3) is 2.81. The van der Waals surface area contributed by atoms with Crippen molar-refractivity contribution in [2.75, 3.05) is 20.3 Å². The Morgan fingerprint density at radius 2 is 2.43 bits per heavy atom. The SMILES string of the molecule is CCOCCn1cc(C(=O)OC)nn1. The number of carbonyl (C=O) groups excluding carboxylic acids is 1. The van der Waals surface area contributed by atoms with Crippen molar-refractivity contribution >= 4 is 5.97 Å². The molecule has 0 saturated carbocycles. The van der Waals surface area contributed by atoms with E-state index < -0.39 is 5.97 Å². The lowest BCUT2D eigenvalue weighted by molar-refractivity contribution is 0.0594. The molecule has 0 unspecified atom stereocenters. The molecule has 0 aliphatic rings. The van der Waals surface area contributed by atoms with Crippen LogP contribution in [0.3, 0.4) is 0 Å². The molecule has 0 aromatic carbocycles. The van der Waals surface area contributed by atoms with Gasteiger partial charge >= 0.3 is 5.97 Å². The highest BCUT2D eigenvalue weighted by Crippen LogP contribution is 1.95. The Kier molecular flexibility index (Phi) is 4.06. The summed E-state index contributed by atoms with van der Waals surface area (Å²) < 4.78 is 11.2. The summed E-state index contributed by atoms with van der Waals surface area (Å²) in [6, 6.07) is 0. The van der Waals surface area contributed by atoms with Crippen molar-refractivity contribution in [1.82, 2.24) is 15.0 Å². The van der Waals surface area contributed by atoms with Gasteiger partial charge in [0.1, 0.15) is 0 Å².